The molecule has 2 aliphatic heterocycles. The van der Waals surface area contributed by atoms with Crippen molar-refractivity contribution < 1.29 is 0 Å². The number of hydrogen-bond donors (Lipinski definition) is 1. The fraction of sp³-hybridized carbons (Fsp3) is 0.818. The molecule has 2 aliphatic rings. The van der Waals surface area contributed by atoms with Gasteiger partial charge in [0.05, 0.1) is 0 Å². The minimum Gasteiger partial charge on any atom is -0.375 e. The van der Waals surface area contributed by atoms with Gasteiger partial charge >= 0.3 is 0 Å². The lowest BCUT2D eigenvalue weighted by Gasteiger charge is -2.40. The van der Waals surface area contributed by atoms with Gasteiger partial charge in [-0.15, -0.1) is 0 Å². The van der Waals surface area contributed by atoms with Gasteiger partial charge in [-0.1, -0.05) is 6.58 Å². The molecule has 74 valence electrons. The standard InChI is InChI=1S/C11H20N2/c1-10(2)13-7-4-11(5-8-13)3-6-12-9-11/h12H,1,3-9H2,2H3. The van der Waals surface area contributed by atoms with Gasteiger partial charge in [0.15, 0.2) is 0 Å². The van der Waals surface area contributed by atoms with E-state index >= 15 is 0 Å². The quantitative estimate of drug-likeness (QED) is 0.659. The third kappa shape index (κ3) is 1.73. The zero-order valence-corrected chi connectivity index (χ0v) is 8.60. The molecule has 2 nitrogen and oxygen atoms in total. The van der Waals surface area contributed by atoms with Crippen LogP contribution >= 0.6 is 0 Å². The summed E-state index contributed by atoms with van der Waals surface area (Å²) in [5, 5.41) is 3.49. The maximum Gasteiger partial charge on any atom is 0.0180 e. The molecule has 0 saturated carbocycles. The summed E-state index contributed by atoms with van der Waals surface area (Å²) >= 11 is 0. The zero-order valence-electron chi connectivity index (χ0n) is 8.60. The first-order chi connectivity index (χ1) is 6.22. The second-order valence-electron chi connectivity index (χ2n) is 4.65. The molecule has 2 rings (SSSR count). The van der Waals surface area contributed by atoms with Gasteiger partial charge < -0.3 is 10.2 Å². The maximum atomic E-state index is 4.00. The number of hydrogen-bond acceptors (Lipinski definition) is 2. The van der Waals surface area contributed by atoms with E-state index < -0.39 is 0 Å². The maximum absolute atomic E-state index is 4.00. The van der Waals surface area contributed by atoms with Crippen molar-refractivity contribution in [1.82, 2.24) is 10.2 Å². The van der Waals surface area contributed by atoms with Crippen LogP contribution in [0, 0.1) is 5.41 Å². The molecule has 2 fully saturated rings. The molecule has 2 heterocycles. The molecule has 1 spiro atoms. The summed E-state index contributed by atoms with van der Waals surface area (Å²) in [4.78, 5) is 2.42. The van der Waals surface area contributed by atoms with Crippen LogP contribution in [-0.2, 0) is 0 Å². The number of likely N-dealkylation sites (tertiary alicyclic amines) is 1. The van der Waals surface area contributed by atoms with Crippen molar-refractivity contribution in [2.75, 3.05) is 26.2 Å². The van der Waals surface area contributed by atoms with Gasteiger partial charge in [0, 0.05) is 25.3 Å². The Hall–Kier alpha value is -0.500. The van der Waals surface area contributed by atoms with Gasteiger partial charge in [-0.05, 0) is 38.1 Å². The predicted molar refractivity (Wildman–Crippen MR) is 55.5 cm³/mol. The van der Waals surface area contributed by atoms with E-state index in [0.717, 1.165) is 0 Å². The molecule has 0 aromatic rings. The normalized spacial score (nSPS) is 26.7. The van der Waals surface area contributed by atoms with Crippen LogP contribution in [0.3, 0.4) is 0 Å². The van der Waals surface area contributed by atoms with E-state index in [1.165, 1.54) is 51.1 Å². The third-order valence-corrected chi connectivity index (χ3v) is 3.70. The predicted octanol–water partition coefficient (Wildman–Crippen LogP) is 1.60. The second kappa shape index (κ2) is 3.33. The fourth-order valence-electron chi connectivity index (χ4n) is 2.59. The Balaban J connectivity index is 1.91. The van der Waals surface area contributed by atoms with Crippen LogP contribution < -0.4 is 5.32 Å². The van der Waals surface area contributed by atoms with E-state index in [1.54, 1.807) is 0 Å². The minimum atomic E-state index is 0.645. The Morgan fingerprint density at radius 1 is 1.31 bits per heavy atom. The Morgan fingerprint density at radius 3 is 2.46 bits per heavy atom. The first-order valence-corrected chi connectivity index (χ1v) is 5.33. The van der Waals surface area contributed by atoms with Crippen molar-refractivity contribution in [3.05, 3.63) is 12.3 Å². The number of rotatable bonds is 1. The molecule has 13 heavy (non-hydrogen) atoms. The lowest BCUT2D eigenvalue weighted by molar-refractivity contribution is 0.145. The van der Waals surface area contributed by atoms with E-state index in [-0.39, 0.29) is 0 Å². The van der Waals surface area contributed by atoms with Crippen molar-refractivity contribution in [3.8, 4) is 0 Å². The monoisotopic (exact) mass is 180 g/mol. The highest BCUT2D eigenvalue weighted by atomic mass is 15.1. The summed E-state index contributed by atoms with van der Waals surface area (Å²) in [7, 11) is 0. The van der Waals surface area contributed by atoms with Gasteiger partial charge in [-0.2, -0.15) is 0 Å². The fourth-order valence-corrected chi connectivity index (χ4v) is 2.59. The molecule has 1 N–H and O–H groups in total. The highest BCUT2D eigenvalue weighted by Gasteiger charge is 2.36. The van der Waals surface area contributed by atoms with Gasteiger partial charge in [-0.3, -0.25) is 0 Å². The minimum absolute atomic E-state index is 0.645. The van der Waals surface area contributed by atoms with Crippen LogP contribution in [0.1, 0.15) is 26.2 Å². The average molecular weight is 180 g/mol. The largest absolute Gasteiger partial charge is 0.375 e. The lowest BCUT2D eigenvalue weighted by Crippen LogP contribution is -2.40. The van der Waals surface area contributed by atoms with Crippen molar-refractivity contribution in [3.63, 3.8) is 0 Å². The van der Waals surface area contributed by atoms with Crippen molar-refractivity contribution in [2.24, 2.45) is 5.41 Å². The highest BCUT2D eigenvalue weighted by molar-refractivity contribution is 4.98. The van der Waals surface area contributed by atoms with Gasteiger partial charge in [0.1, 0.15) is 0 Å². The van der Waals surface area contributed by atoms with Crippen LogP contribution in [-0.4, -0.2) is 31.1 Å². The second-order valence-corrected chi connectivity index (χ2v) is 4.65. The van der Waals surface area contributed by atoms with E-state index in [2.05, 4.69) is 23.7 Å². The van der Waals surface area contributed by atoms with Gasteiger partial charge in [-0.25, -0.2) is 0 Å². The lowest BCUT2D eigenvalue weighted by atomic mass is 9.78. The topological polar surface area (TPSA) is 15.3 Å². The summed E-state index contributed by atoms with van der Waals surface area (Å²) < 4.78 is 0. The zero-order chi connectivity index (χ0) is 9.31. The highest BCUT2D eigenvalue weighted by Crippen LogP contribution is 2.37. The van der Waals surface area contributed by atoms with Gasteiger partial charge in [0.25, 0.3) is 0 Å². The summed E-state index contributed by atoms with van der Waals surface area (Å²) in [5.74, 6) is 0. The molecular formula is C11H20N2. The first-order valence-electron chi connectivity index (χ1n) is 5.33. The Kier molecular flexibility index (Phi) is 2.33. The number of nitrogens with zero attached hydrogens (tertiary/aromatic N) is 1. The van der Waals surface area contributed by atoms with E-state index in [4.69, 9.17) is 0 Å². The molecule has 0 amide bonds. The Labute approximate surface area is 81.0 Å². The van der Waals surface area contributed by atoms with Crippen LogP contribution in [0.2, 0.25) is 0 Å². The molecule has 2 heteroatoms. The number of nitrogens with one attached hydrogen (secondary N) is 1. The van der Waals surface area contributed by atoms with Crippen molar-refractivity contribution >= 4 is 0 Å². The van der Waals surface area contributed by atoms with Crippen molar-refractivity contribution in [1.29, 1.82) is 0 Å². The van der Waals surface area contributed by atoms with Crippen LogP contribution in [0.15, 0.2) is 12.3 Å². The van der Waals surface area contributed by atoms with E-state index in [9.17, 15) is 0 Å². The van der Waals surface area contributed by atoms with Crippen LogP contribution in [0.5, 0.6) is 0 Å². The molecule has 0 aromatic carbocycles. The molecule has 0 aromatic heterocycles. The molecule has 0 radical (unpaired) electrons. The summed E-state index contributed by atoms with van der Waals surface area (Å²) in [6.45, 7) is 11.0. The summed E-state index contributed by atoms with van der Waals surface area (Å²) in [5.41, 5.74) is 1.88. The molecule has 0 bridgehead atoms. The SMILES string of the molecule is C=C(C)N1CCC2(CCNC2)CC1. The summed E-state index contributed by atoms with van der Waals surface area (Å²) in [6, 6.07) is 0. The molecule has 2 saturated heterocycles. The number of allylic oxidation sites excluding steroid dienone is 1. The van der Waals surface area contributed by atoms with Crippen molar-refractivity contribution in [2.45, 2.75) is 26.2 Å². The van der Waals surface area contributed by atoms with E-state index in [0.29, 0.717) is 5.41 Å². The first kappa shape index (κ1) is 9.07. The molecule has 0 atom stereocenters. The smallest absolute Gasteiger partial charge is 0.0180 e. The Morgan fingerprint density at radius 2 is 2.00 bits per heavy atom. The summed E-state index contributed by atoms with van der Waals surface area (Å²) in [6.07, 6.45) is 4.09. The van der Waals surface area contributed by atoms with E-state index in [1.807, 2.05) is 0 Å². The van der Waals surface area contributed by atoms with Crippen LogP contribution in [0.4, 0.5) is 0 Å². The van der Waals surface area contributed by atoms with Crippen LogP contribution in [0.25, 0.3) is 0 Å². The average Bonchev–Trinajstić information content (AvgIpc) is 2.54. The molecule has 0 aliphatic carbocycles. The third-order valence-electron chi connectivity index (χ3n) is 3.70. The molecular weight excluding hydrogens is 160 g/mol. The number of piperidine rings is 1. The molecule has 0 unspecified atom stereocenters. The van der Waals surface area contributed by atoms with Gasteiger partial charge in [0.2, 0.25) is 0 Å². The Bertz CT molecular complexity index is 194.